The van der Waals surface area contributed by atoms with Crippen LogP contribution in [0.2, 0.25) is 0 Å². The minimum atomic E-state index is -1.17. The predicted octanol–water partition coefficient (Wildman–Crippen LogP) is 3.48. The number of ether oxygens (including phenoxy) is 3. The number of rotatable bonds is 11. The lowest BCUT2D eigenvalue weighted by Crippen LogP contribution is -2.48. The summed E-state index contributed by atoms with van der Waals surface area (Å²) >= 11 is 0. The van der Waals surface area contributed by atoms with E-state index in [0.29, 0.717) is 46.8 Å². The lowest BCUT2D eigenvalue weighted by molar-refractivity contribution is -0.141. The van der Waals surface area contributed by atoms with Crippen LogP contribution in [0.3, 0.4) is 0 Å². The van der Waals surface area contributed by atoms with Crippen LogP contribution in [0, 0.1) is 0 Å². The van der Waals surface area contributed by atoms with Crippen LogP contribution in [-0.4, -0.2) is 56.3 Å². The first kappa shape index (κ1) is 31.9. The van der Waals surface area contributed by atoms with Crippen LogP contribution in [0.5, 0.6) is 17.2 Å². The van der Waals surface area contributed by atoms with Crippen molar-refractivity contribution in [3.63, 3.8) is 0 Å². The third-order valence-electron chi connectivity index (χ3n) is 7.58. The molecule has 0 bridgehead atoms. The number of hydrogen-bond acceptors (Lipinski definition) is 8. The smallest absolute Gasteiger partial charge is 0.326 e. The van der Waals surface area contributed by atoms with E-state index in [-0.39, 0.29) is 18.0 Å². The van der Waals surface area contributed by atoms with E-state index in [4.69, 9.17) is 14.2 Å². The van der Waals surface area contributed by atoms with E-state index in [2.05, 4.69) is 16.0 Å². The molecule has 11 nitrogen and oxygen atoms in total. The molecule has 0 aromatic heterocycles. The number of fused-ring (bicyclic) bond motifs is 3. The average molecular weight is 604 g/mol. The normalized spacial score (nSPS) is 14.9. The molecule has 1 aliphatic carbocycles. The van der Waals surface area contributed by atoms with Crippen LogP contribution in [-0.2, 0) is 27.2 Å². The zero-order chi connectivity index (χ0) is 32.0. The molecule has 0 unspecified atom stereocenters. The largest absolute Gasteiger partial charge is 0.493 e. The highest BCUT2D eigenvalue weighted by molar-refractivity contribution is 5.89. The second-order valence-corrected chi connectivity index (χ2v) is 10.6. The van der Waals surface area contributed by atoms with Crippen molar-refractivity contribution in [1.82, 2.24) is 10.6 Å². The third kappa shape index (κ3) is 6.94. The quantitative estimate of drug-likeness (QED) is 0.258. The van der Waals surface area contributed by atoms with Crippen LogP contribution < -0.4 is 35.6 Å². The SMILES string of the molecule is COc1cc2c(c(OC)c1OC)-c1ccc(N[C@H](C)C(=O)N[C@H](Cc3ccccc3)C(=O)O)c(=O)cc1[C@H](NC(C)=O)CC2. The van der Waals surface area contributed by atoms with Gasteiger partial charge in [0.25, 0.3) is 0 Å². The number of benzene rings is 2. The lowest BCUT2D eigenvalue weighted by Gasteiger charge is -2.19. The molecule has 44 heavy (non-hydrogen) atoms. The first-order valence-electron chi connectivity index (χ1n) is 14.2. The second-order valence-electron chi connectivity index (χ2n) is 10.6. The summed E-state index contributed by atoms with van der Waals surface area (Å²) in [6.45, 7) is 2.96. The van der Waals surface area contributed by atoms with E-state index in [1.54, 1.807) is 43.3 Å². The Morgan fingerprint density at radius 2 is 1.68 bits per heavy atom. The Morgan fingerprint density at radius 1 is 0.977 bits per heavy atom. The number of nitrogens with one attached hydrogen (secondary N) is 3. The molecule has 4 rings (SSSR count). The van der Waals surface area contributed by atoms with E-state index in [1.165, 1.54) is 34.3 Å². The zero-order valence-electron chi connectivity index (χ0n) is 25.4. The number of hydrogen-bond donors (Lipinski definition) is 4. The van der Waals surface area contributed by atoms with Gasteiger partial charge in [-0.2, -0.15) is 0 Å². The van der Waals surface area contributed by atoms with Gasteiger partial charge in [0.05, 0.1) is 33.1 Å². The number of aliphatic carboxylic acids is 1. The number of carbonyl (C=O) groups is 3. The highest BCUT2D eigenvalue weighted by Crippen LogP contribution is 2.50. The number of anilines is 1. The standard InChI is InChI=1S/C33H37N3O8/c1-18(32(39)36-26(33(40)41)15-20-9-7-6-8-10-20)34-25-14-12-22-23(17-27(25)38)24(35-19(2)37)13-11-21-16-28(42-3)30(43-4)31(44-5)29(21)22/h6-10,12,14,16-18,24,26H,11,13,15H2,1-5H3,(H,34,38)(H,35,37)(H,36,39)(H,40,41)/t18-,24-,26-/m1/s1. The number of carboxylic acid groups (broad SMARTS) is 1. The lowest BCUT2D eigenvalue weighted by atomic mass is 9.95. The Morgan fingerprint density at radius 3 is 2.30 bits per heavy atom. The Balaban J connectivity index is 1.73. The Hall–Kier alpha value is -5.06. The molecule has 3 aromatic rings. The van der Waals surface area contributed by atoms with Crippen LogP contribution in [0.1, 0.15) is 43.0 Å². The highest BCUT2D eigenvalue weighted by atomic mass is 16.5. The van der Waals surface area contributed by atoms with Crippen molar-refractivity contribution in [1.29, 1.82) is 0 Å². The van der Waals surface area contributed by atoms with Gasteiger partial charge in [-0.25, -0.2) is 4.79 Å². The number of carbonyl (C=O) groups excluding carboxylic acids is 2. The van der Waals surface area contributed by atoms with Gasteiger partial charge >= 0.3 is 5.97 Å². The van der Waals surface area contributed by atoms with Crippen molar-refractivity contribution in [3.8, 4) is 28.4 Å². The average Bonchev–Trinajstić information content (AvgIpc) is 3.24. The maximum absolute atomic E-state index is 13.6. The van der Waals surface area contributed by atoms with Crippen LogP contribution in [0.25, 0.3) is 11.1 Å². The molecule has 4 N–H and O–H groups in total. The van der Waals surface area contributed by atoms with Crippen LogP contribution in [0.15, 0.2) is 59.4 Å². The van der Waals surface area contributed by atoms with Gasteiger partial charge in [0.2, 0.25) is 23.0 Å². The van der Waals surface area contributed by atoms with E-state index in [0.717, 1.165) is 11.1 Å². The van der Waals surface area contributed by atoms with E-state index >= 15 is 0 Å². The Kier molecular flexibility index (Phi) is 10.1. The minimum Gasteiger partial charge on any atom is -0.493 e. The number of amides is 2. The zero-order valence-corrected chi connectivity index (χ0v) is 25.4. The number of carboxylic acids is 1. The molecule has 0 saturated heterocycles. The molecule has 0 heterocycles. The summed E-state index contributed by atoms with van der Waals surface area (Å²) in [5, 5.41) is 18.2. The van der Waals surface area contributed by atoms with Crippen molar-refractivity contribution in [3.05, 3.63) is 81.5 Å². The van der Waals surface area contributed by atoms with Crippen molar-refractivity contribution in [2.75, 3.05) is 26.6 Å². The van der Waals surface area contributed by atoms with Crippen molar-refractivity contribution < 1.29 is 33.7 Å². The summed E-state index contributed by atoms with van der Waals surface area (Å²) in [6, 6.07) is 13.0. The molecule has 0 spiro atoms. The van der Waals surface area contributed by atoms with Crippen LogP contribution in [0.4, 0.5) is 5.69 Å². The molecule has 11 heteroatoms. The fourth-order valence-corrected chi connectivity index (χ4v) is 5.47. The van der Waals surface area contributed by atoms with Gasteiger partial charge in [0.15, 0.2) is 11.5 Å². The summed E-state index contributed by atoms with van der Waals surface area (Å²) in [5.41, 5.74) is 3.27. The van der Waals surface area contributed by atoms with Crippen LogP contribution >= 0.6 is 0 Å². The number of aryl methyl sites for hydroxylation is 1. The molecule has 0 fully saturated rings. The maximum Gasteiger partial charge on any atom is 0.326 e. The van der Waals surface area contributed by atoms with Crippen molar-refractivity contribution in [2.24, 2.45) is 0 Å². The van der Waals surface area contributed by atoms with Gasteiger partial charge in [-0.05, 0) is 60.2 Å². The first-order chi connectivity index (χ1) is 21.1. The van der Waals surface area contributed by atoms with Gasteiger partial charge in [-0.1, -0.05) is 36.4 Å². The molecule has 232 valence electrons. The van der Waals surface area contributed by atoms with Gasteiger partial charge in [-0.3, -0.25) is 14.4 Å². The molecular weight excluding hydrogens is 566 g/mol. The summed E-state index contributed by atoms with van der Waals surface area (Å²) in [4.78, 5) is 50.7. The Bertz CT molecular complexity index is 1610. The third-order valence-corrected chi connectivity index (χ3v) is 7.58. The molecule has 2 amide bonds. The predicted molar refractivity (Wildman–Crippen MR) is 165 cm³/mol. The highest BCUT2D eigenvalue weighted by Gasteiger charge is 2.30. The second kappa shape index (κ2) is 13.9. The van der Waals surface area contributed by atoms with E-state index < -0.39 is 35.4 Å². The van der Waals surface area contributed by atoms with E-state index in [9.17, 15) is 24.3 Å². The molecule has 3 atom stereocenters. The van der Waals surface area contributed by atoms with Gasteiger partial charge < -0.3 is 35.3 Å². The Labute approximate surface area is 255 Å². The number of methoxy groups -OCH3 is 3. The first-order valence-corrected chi connectivity index (χ1v) is 14.2. The van der Waals surface area contributed by atoms with Crippen molar-refractivity contribution >= 4 is 23.5 Å². The van der Waals surface area contributed by atoms with Gasteiger partial charge in [0.1, 0.15) is 12.1 Å². The summed E-state index contributed by atoms with van der Waals surface area (Å²) in [5.74, 6) is -0.704. The molecule has 3 aromatic carbocycles. The molecule has 0 radical (unpaired) electrons. The van der Waals surface area contributed by atoms with Gasteiger partial charge in [0, 0.05) is 18.9 Å². The maximum atomic E-state index is 13.6. The summed E-state index contributed by atoms with van der Waals surface area (Å²) in [6.07, 6.45) is 1.16. The van der Waals surface area contributed by atoms with E-state index in [1.807, 2.05) is 12.1 Å². The van der Waals surface area contributed by atoms with Crippen molar-refractivity contribution in [2.45, 2.75) is 51.2 Å². The van der Waals surface area contributed by atoms with Gasteiger partial charge in [-0.15, -0.1) is 0 Å². The minimum absolute atomic E-state index is 0.106. The summed E-state index contributed by atoms with van der Waals surface area (Å²) in [7, 11) is 4.56. The fraction of sp³-hybridized carbons (Fsp3) is 0.333. The monoisotopic (exact) mass is 603 g/mol. The molecular formula is C33H37N3O8. The molecule has 0 aliphatic heterocycles. The molecule has 1 aliphatic rings. The summed E-state index contributed by atoms with van der Waals surface area (Å²) < 4.78 is 17.0. The fourth-order valence-electron chi connectivity index (χ4n) is 5.47. The topological polar surface area (TPSA) is 152 Å². The molecule has 0 saturated carbocycles.